The molecular formula is C29H35FN6O4. The summed E-state index contributed by atoms with van der Waals surface area (Å²) in [5.74, 6) is -0.536. The summed E-state index contributed by atoms with van der Waals surface area (Å²) < 4.78 is 33.2. The summed E-state index contributed by atoms with van der Waals surface area (Å²) in [5.41, 5.74) is 2.15. The molecule has 212 valence electrons. The van der Waals surface area contributed by atoms with Gasteiger partial charge in [0.1, 0.15) is 11.1 Å². The number of ether oxygens (including phenoxy) is 3. The Bertz CT molecular complexity index is 1550. The van der Waals surface area contributed by atoms with E-state index in [1.54, 1.807) is 24.1 Å². The van der Waals surface area contributed by atoms with Gasteiger partial charge in [-0.05, 0) is 58.9 Å². The second kappa shape index (κ2) is 10.5. The first-order chi connectivity index (χ1) is 18.9. The van der Waals surface area contributed by atoms with Crippen LogP contribution in [0.3, 0.4) is 0 Å². The molecule has 40 heavy (non-hydrogen) atoms. The largest absolute Gasteiger partial charge is 0.464 e. The van der Waals surface area contributed by atoms with Crippen LogP contribution >= 0.6 is 0 Å². The number of aromatic nitrogens is 4. The zero-order valence-electron chi connectivity index (χ0n) is 23.9. The highest BCUT2D eigenvalue weighted by Crippen LogP contribution is 2.37. The minimum atomic E-state index is -0.566. The first kappa shape index (κ1) is 27.6. The molecule has 4 heterocycles. The molecule has 10 nitrogen and oxygen atoms in total. The van der Waals surface area contributed by atoms with Gasteiger partial charge in [-0.3, -0.25) is 9.58 Å². The van der Waals surface area contributed by atoms with Gasteiger partial charge in [0, 0.05) is 49.8 Å². The monoisotopic (exact) mass is 550 g/mol. The van der Waals surface area contributed by atoms with E-state index in [0.717, 1.165) is 11.1 Å². The number of hydrogen-bond donors (Lipinski definition) is 0. The maximum absolute atomic E-state index is 15.4. The second-order valence-electron chi connectivity index (χ2n) is 11.3. The summed E-state index contributed by atoms with van der Waals surface area (Å²) in [6, 6.07) is 7.51. The van der Waals surface area contributed by atoms with Gasteiger partial charge in [0.15, 0.2) is 24.0 Å². The Balaban J connectivity index is 1.43. The molecular weight excluding hydrogens is 515 g/mol. The number of fused-ring (bicyclic) bond motifs is 2. The molecule has 0 N–H and O–H groups in total. The predicted molar refractivity (Wildman–Crippen MR) is 151 cm³/mol. The lowest BCUT2D eigenvalue weighted by Crippen LogP contribution is -2.59. The van der Waals surface area contributed by atoms with Gasteiger partial charge in [0.25, 0.3) is 0 Å². The van der Waals surface area contributed by atoms with Crippen molar-refractivity contribution in [3.05, 3.63) is 42.5 Å². The molecule has 1 saturated heterocycles. The van der Waals surface area contributed by atoms with E-state index < -0.39 is 11.4 Å². The molecule has 1 fully saturated rings. The first-order valence-electron chi connectivity index (χ1n) is 13.3. The summed E-state index contributed by atoms with van der Waals surface area (Å²) in [7, 11) is 3.22. The Hall–Kier alpha value is -3.99. The Morgan fingerprint density at radius 3 is 2.52 bits per heavy atom. The minimum Gasteiger partial charge on any atom is -0.464 e. The molecule has 0 bridgehead atoms. The number of anilines is 1. The highest BCUT2D eigenvalue weighted by Gasteiger charge is 2.35. The maximum atomic E-state index is 15.4. The van der Waals surface area contributed by atoms with Gasteiger partial charge in [0.05, 0.1) is 29.7 Å². The zero-order chi connectivity index (χ0) is 28.8. The van der Waals surface area contributed by atoms with Crippen LogP contribution in [0, 0.1) is 5.82 Å². The average Bonchev–Trinajstić information content (AvgIpc) is 3.26. The van der Waals surface area contributed by atoms with Crippen molar-refractivity contribution >= 4 is 33.7 Å². The zero-order valence-corrected chi connectivity index (χ0v) is 23.9. The van der Waals surface area contributed by atoms with Gasteiger partial charge >= 0.3 is 6.09 Å². The molecule has 4 aromatic rings. The van der Waals surface area contributed by atoms with E-state index in [-0.39, 0.29) is 36.2 Å². The third-order valence-electron chi connectivity index (χ3n) is 6.82. The number of carbonyl (C=O) groups excluding carboxylic acids is 1. The number of carbonyl (C=O) groups is 1. The topological polar surface area (TPSA) is 94.8 Å². The average molecular weight is 551 g/mol. The van der Waals surface area contributed by atoms with Gasteiger partial charge in [-0.1, -0.05) is 0 Å². The third-order valence-corrected chi connectivity index (χ3v) is 6.82. The minimum absolute atomic E-state index is 0.0300. The van der Waals surface area contributed by atoms with Gasteiger partial charge in [-0.25, -0.2) is 19.2 Å². The van der Waals surface area contributed by atoms with Crippen molar-refractivity contribution in [1.82, 2.24) is 24.6 Å². The van der Waals surface area contributed by atoms with E-state index >= 15 is 4.39 Å². The number of benzene rings is 1. The second-order valence-corrected chi connectivity index (χ2v) is 11.3. The van der Waals surface area contributed by atoms with E-state index in [4.69, 9.17) is 19.2 Å². The van der Waals surface area contributed by atoms with E-state index in [9.17, 15) is 4.79 Å². The number of piperazine rings is 1. The molecule has 0 unspecified atom stereocenters. The summed E-state index contributed by atoms with van der Waals surface area (Å²) in [6.07, 6.45) is 3.24. The van der Waals surface area contributed by atoms with Crippen LogP contribution in [0.25, 0.3) is 33.2 Å². The fourth-order valence-electron chi connectivity index (χ4n) is 5.21. The molecule has 0 saturated carbocycles. The third kappa shape index (κ3) is 5.38. The van der Waals surface area contributed by atoms with Crippen LogP contribution in [0.1, 0.15) is 34.6 Å². The van der Waals surface area contributed by atoms with Crippen molar-refractivity contribution in [1.29, 1.82) is 0 Å². The van der Waals surface area contributed by atoms with Crippen molar-refractivity contribution in [3.8, 4) is 17.0 Å². The van der Waals surface area contributed by atoms with Crippen LogP contribution in [-0.2, 0) is 16.5 Å². The van der Waals surface area contributed by atoms with E-state index in [2.05, 4.69) is 15.0 Å². The van der Waals surface area contributed by atoms with E-state index in [1.807, 2.05) is 63.8 Å². The van der Waals surface area contributed by atoms with Gasteiger partial charge in [0.2, 0.25) is 0 Å². The Morgan fingerprint density at radius 1 is 1.12 bits per heavy atom. The van der Waals surface area contributed by atoms with E-state index in [1.165, 1.54) is 7.11 Å². The lowest BCUT2D eigenvalue weighted by atomic mass is 10.1. The Labute approximate surface area is 232 Å². The number of nitrogens with zero attached hydrogens (tertiary/aromatic N) is 6. The molecule has 5 rings (SSSR count). The molecule has 1 aromatic carbocycles. The predicted octanol–water partition coefficient (Wildman–Crippen LogP) is 5.14. The molecule has 0 radical (unpaired) electrons. The number of hydrogen-bond acceptors (Lipinski definition) is 8. The summed E-state index contributed by atoms with van der Waals surface area (Å²) in [5, 5.41) is 5.70. The molecule has 2 atom stereocenters. The van der Waals surface area contributed by atoms with Crippen LogP contribution in [0.5, 0.6) is 5.75 Å². The van der Waals surface area contributed by atoms with Crippen LogP contribution in [0.4, 0.5) is 14.9 Å². The van der Waals surface area contributed by atoms with Crippen molar-refractivity contribution in [2.24, 2.45) is 7.05 Å². The molecule has 3 aromatic heterocycles. The van der Waals surface area contributed by atoms with Crippen molar-refractivity contribution in [2.45, 2.75) is 52.3 Å². The van der Waals surface area contributed by atoms with Crippen molar-refractivity contribution < 1.29 is 23.4 Å². The van der Waals surface area contributed by atoms with Crippen molar-refractivity contribution in [2.75, 3.05) is 31.9 Å². The number of amides is 1. The summed E-state index contributed by atoms with van der Waals surface area (Å²) >= 11 is 0. The number of halogens is 1. The van der Waals surface area contributed by atoms with Gasteiger partial charge in [-0.15, -0.1) is 0 Å². The van der Waals surface area contributed by atoms with Crippen LogP contribution in [0.15, 0.2) is 36.7 Å². The number of aryl methyl sites for hydroxylation is 1. The molecule has 1 aliphatic rings. The number of pyridine rings is 2. The quantitative estimate of drug-likeness (QED) is 0.315. The summed E-state index contributed by atoms with van der Waals surface area (Å²) in [4.78, 5) is 26.2. The lowest BCUT2D eigenvalue weighted by Gasteiger charge is -2.45. The summed E-state index contributed by atoms with van der Waals surface area (Å²) in [6.45, 7) is 10.8. The Morgan fingerprint density at radius 2 is 1.85 bits per heavy atom. The lowest BCUT2D eigenvalue weighted by molar-refractivity contribution is 0.00565. The molecule has 1 amide bonds. The van der Waals surface area contributed by atoms with Gasteiger partial charge in [-0.2, -0.15) is 5.10 Å². The van der Waals surface area contributed by atoms with Crippen molar-refractivity contribution in [3.63, 3.8) is 0 Å². The van der Waals surface area contributed by atoms with E-state index in [0.29, 0.717) is 35.4 Å². The highest BCUT2D eigenvalue weighted by molar-refractivity contribution is 5.90. The SMILES string of the molecule is COCOc1c(-c2ccc3cc(N4C[C@@H](C)N(C(=O)OC(C)(C)C)[C@@H](C)C4)cnc3n2)cc2cn(C)nc2c1F. The van der Waals surface area contributed by atoms with Crippen LogP contribution < -0.4 is 9.64 Å². The normalized spacial score (nSPS) is 18.0. The smallest absolute Gasteiger partial charge is 0.410 e. The number of methoxy groups -OCH3 is 1. The highest BCUT2D eigenvalue weighted by atomic mass is 19.1. The number of rotatable bonds is 5. The fraction of sp³-hybridized carbons (Fsp3) is 0.448. The van der Waals surface area contributed by atoms with Crippen LogP contribution in [0.2, 0.25) is 0 Å². The first-order valence-corrected chi connectivity index (χ1v) is 13.3. The molecule has 0 spiro atoms. The standard InChI is InChI=1S/C29H35FN6O4/c1-17-13-35(14-18(2)36(17)28(37)40-29(3,4)5)21-10-19-8-9-23(32-27(19)31-12-21)22-11-20-15-34(6)33-25(20)24(30)26(22)39-16-38-7/h8-12,15,17-18H,13-14,16H2,1-7H3/t17-,18+. The maximum Gasteiger partial charge on any atom is 0.410 e. The van der Waals surface area contributed by atoms with Crippen LogP contribution in [-0.4, -0.2) is 75.4 Å². The fourth-order valence-corrected chi connectivity index (χ4v) is 5.21. The molecule has 11 heteroatoms. The molecule has 1 aliphatic heterocycles. The van der Waals surface area contributed by atoms with Gasteiger partial charge < -0.3 is 19.1 Å². The molecule has 0 aliphatic carbocycles. The Kier molecular flexibility index (Phi) is 7.26.